The van der Waals surface area contributed by atoms with Gasteiger partial charge < -0.3 is 14.5 Å². The van der Waals surface area contributed by atoms with E-state index in [-0.39, 0.29) is 5.89 Å². The second-order valence-corrected chi connectivity index (χ2v) is 6.20. The second-order valence-electron chi connectivity index (χ2n) is 6.20. The number of hydrogen-bond acceptors (Lipinski definition) is 7. The molecule has 8 heteroatoms. The fraction of sp³-hybridized carbons (Fsp3) is 0.263. The second kappa shape index (κ2) is 7.63. The zero-order valence-electron chi connectivity index (χ0n) is 14.7. The maximum absolute atomic E-state index is 13.2. The van der Waals surface area contributed by atoms with E-state index in [4.69, 9.17) is 9.15 Å². The maximum Gasteiger partial charge on any atom is 0.263 e. The van der Waals surface area contributed by atoms with Gasteiger partial charge >= 0.3 is 0 Å². The van der Waals surface area contributed by atoms with E-state index in [9.17, 15) is 4.39 Å². The number of rotatable bonds is 6. The van der Waals surface area contributed by atoms with Crippen molar-refractivity contribution in [3.63, 3.8) is 0 Å². The van der Waals surface area contributed by atoms with E-state index in [0.717, 1.165) is 41.7 Å². The predicted molar refractivity (Wildman–Crippen MR) is 94.7 cm³/mol. The fourth-order valence-electron chi connectivity index (χ4n) is 3.00. The standard InChI is InChI=1S/C19H18FN5O2/c1-21-8-12-6-13-7-15(3-5-16(13)22-9-12)27-18(19-25-24-11-26-19)17-4-2-14(20)10-23-17/h2,4,6-7,9-11,18,21H,3,5,8H2,1H3. The molecule has 1 N–H and O–H groups in total. The number of fused-ring (bicyclic) bond motifs is 1. The van der Waals surface area contributed by atoms with Crippen LogP contribution in [0.25, 0.3) is 6.08 Å². The highest BCUT2D eigenvalue weighted by atomic mass is 19.1. The number of halogens is 1. The molecule has 0 spiro atoms. The first kappa shape index (κ1) is 17.3. The van der Waals surface area contributed by atoms with Crippen LogP contribution in [0.3, 0.4) is 0 Å². The Kier molecular flexibility index (Phi) is 4.88. The summed E-state index contributed by atoms with van der Waals surface area (Å²) in [5.74, 6) is 0.611. The first-order valence-corrected chi connectivity index (χ1v) is 8.60. The van der Waals surface area contributed by atoms with Gasteiger partial charge in [0.2, 0.25) is 12.5 Å². The van der Waals surface area contributed by atoms with Gasteiger partial charge in [-0.15, -0.1) is 10.2 Å². The molecule has 3 heterocycles. The molecule has 0 bridgehead atoms. The van der Waals surface area contributed by atoms with Crippen molar-refractivity contribution in [3.05, 3.63) is 77.0 Å². The van der Waals surface area contributed by atoms with Gasteiger partial charge in [0.1, 0.15) is 5.82 Å². The molecular weight excluding hydrogens is 349 g/mol. The van der Waals surface area contributed by atoms with Crippen LogP contribution in [0.5, 0.6) is 0 Å². The summed E-state index contributed by atoms with van der Waals surface area (Å²) in [5.41, 5.74) is 3.66. The van der Waals surface area contributed by atoms with Crippen LogP contribution in [0.2, 0.25) is 0 Å². The maximum atomic E-state index is 13.2. The number of pyridine rings is 2. The minimum absolute atomic E-state index is 0.267. The third-order valence-electron chi connectivity index (χ3n) is 4.26. The molecule has 3 aromatic heterocycles. The average molecular weight is 367 g/mol. The number of aryl methyl sites for hydroxylation is 1. The SMILES string of the molecule is CNCc1cnc2c(c1)C=C(OC(c1ccc(F)cn1)c1nnco1)CC2. The van der Waals surface area contributed by atoms with Crippen molar-refractivity contribution >= 4 is 6.08 Å². The lowest BCUT2D eigenvalue weighted by Gasteiger charge is -2.21. The Labute approximate surface area is 155 Å². The zero-order valence-corrected chi connectivity index (χ0v) is 14.7. The molecule has 0 saturated carbocycles. The molecule has 7 nitrogen and oxygen atoms in total. The van der Waals surface area contributed by atoms with E-state index in [1.54, 1.807) is 6.07 Å². The Balaban J connectivity index is 1.63. The van der Waals surface area contributed by atoms with E-state index >= 15 is 0 Å². The zero-order chi connectivity index (χ0) is 18.6. The summed E-state index contributed by atoms with van der Waals surface area (Å²) < 4.78 is 24.7. The smallest absolute Gasteiger partial charge is 0.263 e. The van der Waals surface area contributed by atoms with E-state index in [1.807, 2.05) is 19.3 Å². The highest BCUT2D eigenvalue weighted by Crippen LogP contribution is 2.31. The Morgan fingerprint density at radius 2 is 2.19 bits per heavy atom. The van der Waals surface area contributed by atoms with Gasteiger partial charge in [-0.05, 0) is 48.9 Å². The summed E-state index contributed by atoms with van der Waals surface area (Å²) in [5, 5.41) is 10.8. The van der Waals surface area contributed by atoms with Gasteiger partial charge in [0, 0.05) is 24.9 Å². The first-order valence-electron chi connectivity index (χ1n) is 8.60. The van der Waals surface area contributed by atoms with Crippen molar-refractivity contribution in [2.75, 3.05) is 7.05 Å². The van der Waals surface area contributed by atoms with Crippen LogP contribution in [-0.2, 0) is 17.7 Å². The summed E-state index contributed by atoms with van der Waals surface area (Å²) in [6, 6.07) is 4.97. The van der Waals surface area contributed by atoms with Crippen LogP contribution in [0.1, 0.15) is 40.9 Å². The molecule has 1 aliphatic rings. The van der Waals surface area contributed by atoms with Gasteiger partial charge in [-0.1, -0.05) is 0 Å². The molecule has 0 aromatic carbocycles. The molecule has 1 aliphatic carbocycles. The summed E-state index contributed by atoms with van der Waals surface area (Å²) in [6.07, 6.45) is 6.99. The average Bonchev–Trinajstić information content (AvgIpc) is 3.21. The minimum Gasteiger partial charge on any atom is -0.479 e. The normalized spacial score (nSPS) is 14.4. The predicted octanol–water partition coefficient (Wildman–Crippen LogP) is 2.81. The van der Waals surface area contributed by atoms with Gasteiger partial charge in [0.25, 0.3) is 5.89 Å². The van der Waals surface area contributed by atoms with Gasteiger partial charge in [-0.25, -0.2) is 4.39 Å². The molecule has 0 saturated heterocycles. The number of aromatic nitrogens is 4. The van der Waals surface area contributed by atoms with Crippen LogP contribution in [-0.4, -0.2) is 27.2 Å². The van der Waals surface area contributed by atoms with Crippen molar-refractivity contribution in [2.24, 2.45) is 0 Å². The lowest BCUT2D eigenvalue weighted by Crippen LogP contribution is -2.13. The van der Waals surface area contributed by atoms with Crippen molar-refractivity contribution in [1.82, 2.24) is 25.5 Å². The van der Waals surface area contributed by atoms with E-state index in [2.05, 4.69) is 31.5 Å². The molecule has 0 radical (unpaired) electrons. The van der Waals surface area contributed by atoms with Crippen molar-refractivity contribution < 1.29 is 13.5 Å². The van der Waals surface area contributed by atoms with Crippen LogP contribution in [0.15, 0.2) is 47.2 Å². The molecule has 1 atom stereocenters. The molecule has 4 rings (SSSR count). The number of hydrogen-bond donors (Lipinski definition) is 1. The Morgan fingerprint density at radius 1 is 1.26 bits per heavy atom. The number of nitrogens with zero attached hydrogens (tertiary/aromatic N) is 4. The van der Waals surface area contributed by atoms with Crippen molar-refractivity contribution in [2.45, 2.75) is 25.5 Å². The van der Waals surface area contributed by atoms with Crippen LogP contribution in [0.4, 0.5) is 4.39 Å². The van der Waals surface area contributed by atoms with Crippen LogP contribution >= 0.6 is 0 Å². The van der Waals surface area contributed by atoms with E-state index in [1.165, 1.54) is 12.5 Å². The lowest BCUT2D eigenvalue weighted by atomic mass is 10.00. The fourth-order valence-corrected chi connectivity index (χ4v) is 3.00. The summed E-state index contributed by atoms with van der Waals surface area (Å²) >= 11 is 0. The van der Waals surface area contributed by atoms with Crippen molar-refractivity contribution in [1.29, 1.82) is 0 Å². The topological polar surface area (TPSA) is 86.0 Å². The summed E-state index contributed by atoms with van der Waals surface area (Å²) in [7, 11) is 1.90. The summed E-state index contributed by atoms with van der Waals surface area (Å²) in [4.78, 5) is 8.64. The molecular formula is C19H18FN5O2. The van der Waals surface area contributed by atoms with E-state index < -0.39 is 11.9 Å². The Hall–Kier alpha value is -3.13. The van der Waals surface area contributed by atoms with Gasteiger partial charge in [-0.3, -0.25) is 9.97 Å². The number of nitrogens with one attached hydrogen (secondary N) is 1. The van der Waals surface area contributed by atoms with Gasteiger partial charge in [-0.2, -0.15) is 0 Å². The molecule has 3 aromatic rings. The summed E-state index contributed by atoms with van der Waals surface area (Å²) in [6.45, 7) is 0.744. The number of ether oxygens (including phenoxy) is 1. The molecule has 0 amide bonds. The Bertz CT molecular complexity index is 941. The van der Waals surface area contributed by atoms with E-state index in [0.29, 0.717) is 12.1 Å². The van der Waals surface area contributed by atoms with Crippen LogP contribution < -0.4 is 5.32 Å². The minimum atomic E-state index is -0.700. The quantitative estimate of drug-likeness (QED) is 0.717. The van der Waals surface area contributed by atoms with Gasteiger partial charge in [0.15, 0.2) is 0 Å². The largest absolute Gasteiger partial charge is 0.479 e. The highest BCUT2D eigenvalue weighted by molar-refractivity contribution is 5.57. The molecule has 1 unspecified atom stereocenters. The third kappa shape index (κ3) is 3.85. The van der Waals surface area contributed by atoms with Crippen molar-refractivity contribution in [3.8, 4) is 0 Å². The van der Waals surface area contributed by atoms with Gasteiger partial charge in [0.05, 0.1) is 17.6 Å². The third-order valence-corrected chi connectivity index (χ3v) is 4.26. The molecule has 27 heavy (non-hydrogen) atoms. The first-order chi connectivity index (χ1) is 13.2. The molecule has 0 aliphatic heterocycles. The molecule has 138 valence electrons. The monoisotopic (exact) mass is 367 g/mol. The van der Waals surface area contributed by atoms with Crippen LogP contribution in [0, 0.1) is 5.82 Å². The highest BCUT2D eigenvalue weighted by Gasteiger charge is 2.25. The molecule has 0 fully saturated rings. The lowest BCUT2D eigenvalue weighted by molar-refractivity contribution is 0.115. The Morgan fingerprint density at radius 3 is 2.93 bits per heavy atom. The number of allylic oxidation sites excluding steroid dienone is 1.